The maximum Gasteiger partial charge on any atom is 0.275 e. The molecule has 0 bridgehead atoms. The first-order valence-corrected chi connectivity index (χ1v) is 11.1. The Morgan fingerprint density at radius 1 is 1.12 bits per heavy atom. The Morgan fingerprint density at radius 3 is 2.66 bits per heavy atom. The average Bonchev–Trinajstić information content (AvgIpc) is 2.77. The van der Waals surface area contributed by atoms with Crippen LogP contribution in [0.25, 0.3) is 0 Å². The summed E-state index contributed by atoms with van der Waals surface area (Å²) in [5.74, 6) is 0.258. The van der Waals surface area contributed by atoms with Gasteiger partial charge in [-0.1, -0.05) is 41.4 Å². The highest BCUT2D eigenvalue weighted by Gasteiger charge is 2.13. The number of para-hydroxylation sites is 1. The van der Waals surface area contributed by atoms with E-state index in [0.29, 0.717) is 43.8 Å². The van der Waals surface area contributed by atoms with Crippen molar-refractivity contribution < 1.29 is 19.4 Å². The molecule has 32 heavy (non-hydrogen) atoms. The Labute approximate surface area is 203 Å². The third-order valence-corrected chi connectivity index (χ3v) is 5.45. The van der Waals surface area contributed by atoms with Gasteiger partial charge < -0.3 is 14.6 Å². The van der Waals surface area contributed by atoms with Gasteiger partial charge in [-0.3, -0.25) is 4.79 Å². The summed E-state index contributed by atoms with van der Waals surface area (Å²) in [6.07, 6.45) is 1.45. The van der Waals surface area contributed by atoms with Gasteiger partial charge in [0, 0.05) is 15.6 Å². The number of hydrazone groups is 1. The number of amides is 1. The summed E-state index contributed by atoms with van der Waals surface area (Å²) in [7, 11) is 0. The molecule has 0 aliphatic carbocycles. The van der Waals surface area contributed by atoms with Gasteiger partial charge in [-0.25, -0.2) is 5.43 Å². The molecule has 0 radical (unpaired) electrons. The molecule has 0 aromatic heterocycles. The molecular formula is C23H19BrCl2N2O4. The molecule has 0 spiro atoms. The summed E-state index contributed by atoms with van der Waals surface area (Å²) in [4.78, 5) is 12.6. The largest absolute Gasteiger partial charge is 0.503 e. The zero-order valence-corrected chi connectivity index (χ0v) is 20.0. The number of benzene rings is 3. The molecule has 2 N–H and O–H groups in total. The molecule has 0 saturated carbocycles. The number of carbonyl (C=O) groups is 1. The number of ether oxygens (including phenoxy) is 2. The lowest BCUT2D eigenvalue weighted by molar-refractivity contribution is 0.0950. The molecule has 3 rings (SSSR count). The number of phenolic OH excluding ortho intramolecular Hbond substituents is 1. The van der Waals surface area contributed by atoms with Crippen molar-refractivity contribution in [3.63, 3.8) is 0 Å². The monoisotopic (exact) mass is 536 g/mol. The smallest absolute Gasteiger partial charge is 0.275 e. The van der Waals surface area contributed by atoms with Gasteiger partial charge in [0.15, 0.2) is 11.5 Å². The normalized spacial score (nSPS) is 10.9. The van der Waals surface area contributed by atoms with Gasteiger partial charge in [0.1, 0.15) is 12.4 Å². The number of aromatic hydroxyl groups is 1. The van der Waals surface area contributed by atoms with E-state index in [1.165, 1.54) is 6.21 Å². The molecule has 0 aliphatic rings. The predicted octanol–water partition coefficient (Wildman–Crippen LogP) is 6.20. The van der Waals surface area contributed by atoms with Gasteiger partial charge in [-0.2, -0.15) is 5.10 Å². The first-order valence-electron chi connectivity index (χ1n) is 9.53. The molecule has 9 heteroatoms. The minimum absolute atomic E-state index is 0.0000903. The van der Waals surface area contributed by atoms with Crippen molar-refractivity contribution in [3.05, 3.63) is 85.8 Å². The van der Waals surface area contributed by atoms with Crippen molar-refractivity contribution in [2.75, 3.05) is 6.61 Å². The van der Waals surface area contributed by atoms with E-state index in [2.05, 4.69) is 26.5 Å². The fourth-order valence-corrected chi connectivity index (χ4v) is 3.66. The quantitative estimate of drug-likeness (QED) is 0.264. The molecule has 6 nitrogen and oxygen atoms in total. The van der Waals surface area contributed by atoms with Crippen LogP contribution < -0.4 is 14.9 Å². The van der Waals surface area contributed by atoms with E-state index < -0.39 is 5.91 Å². The summed E-state index contributed by atoms with van der Waals surface area (Å²) in [5, 5.41) is 15.0. The third kappa shape index (κ3) is 6.16. The van der Waals surface area contributed by atoms with Crippen LogP contribution >= 0.6 is 39.1 Å². The van der Waals surface area contributed by atoms with E-state index in [0.717, 1.165) is 5.56 Å². The van der Waals surface area contributed by atoms with E-state index in [4.69, 9.17) is 32.7 Å². The van der Waals surface area contributed by atoms with Crippen LogP contribution in [0.3, 0.4) is 0 Å². The fourth-order valence-electron chi connectivity index (χ4n) is 2.73. The van der Waals surface area contributed by atoms with E-state index in [9.17, 15) is 9.90 Å². The molecule has 0 heterocycles. The molecule has 3 aromatic rings. The maximum atomic E-state index is 12.6. The van der Waals surface area contributed by atoms with Gasteiger partial charge in [0.2, 0.25) is 0 Å². The van der Waals surface area contributed by atoms with Crippen LogP contribution in [0, 0.1) is 0 Å². The summed E-state index contributed by atoms with van der Waals surface area (Å²) < 4.78 is 11.7. The van der Waals surface area contributed by atoms with Crippen molar-refractivity contribution in [1.29, 1.82) is 0 Å². The minimum atomic E-state index is -0.443. The van der Waals surface area contributed by atoms with Gasteiger partial charge >= 0.3 is 0 Å². The second-order valence-electron chi connectivity index (χ2n) is 6.50. The first kappa shape index (κ1) is 23.9. The van der Waals surface area contributed by atoms with Crippen LogP contribution in [-0.2, 0) is 6.61 Å². The Balaban J connectivity index is 1.69. The summed E-state index contributed by atoms with van der Waals surface area (Å²) in [6.45, 7) is 2.38. The highest BCUT2D eigenvalue weighted by molar-refractivity contribution is 9.10. The average molecular weight is 538 g/mol. The third-order valence-electron chi connectivity index (χ3n) is 4.26. The van der Waals surface area contributed by atoms with Crippen LogP contribution in [0.1, 0.15) is 28.4 Å². The summed E-state index contributed by atoms with van der Waals surface area (Å²) in [5.41, 5.74) is 4.16. The molecule has 166 valence electrons. The molecular weight excluding hydrogens is 519 g/mol. The lowest BCUT2D eigenvalue weighted by atomic mass is 10.2. The van der Waals surface area contributed by atoms with E-state index in [-0.39, 0.29) is 12.4 Å². The lowest BCUT2D eigenvalue weighted by Gasteiger charge is -2.11. The Hall–Kier alpha value is -2.74. The lowest BCUT2D eigenvalue weighted by Crippen LogP contribution is -2.18. The molecule has 0 aliphatic heterocycles. The number of nitrogens with zero attached hydrogens (tertiary/aromatic N) is 1. The van der Waals surface area contributed by atoms with Crippen LogP contribution in [0.2, 0.25) is 10.0 Å². The number of nitrogens with one attached hydrogen (secondary N) is 1. The number of phenols is 1. The first-order chi connectivity index (χ1) is 15.4. The Morgan fingerprint density at radius 2 is 1.91 bits per heavy atom. The molecule has 0 unspecified atom stereocenters. The number of rotatable bonds is 8. The number of hydrogen-bond donors (Lipinski definition) is 2. The summed E-state index contributed by atoms with van der Waals surface area (Å²) >= 11 is 15.4. The second kappa shape index (κ2) is 11.2. The Bertz CT molecular complexity index is 1150. The fraction of sp³-hybridized carbons (Fsp3) is 0.130. The predicted molar refractivity (Wildman–Crippen MR) is 129 cm³/mol. The van der Waals surface area contributed by atoms with Gasteiger partial charge in [-0.15, -0.1) is 0 Å². The summed E-state index contributed by atoms with van der Waals surface area (Å²) in [6, 6.07) is 15.2. The van der Waals surface area contributed by atoms with Crippen molar-refractivity contribution in [2.45, 2.75) is 13.5 Å². The van der Waals surface area contributed by atoms with E-state index in [1.54, 1.807) is 54.6 Å². The second-order valence-corrected chi connectivity index (χ2v) is 8.20. The van der Waals surface area contributed by atoms with E-state index >= 15 is 0 Å². The van der Waals surface area contributed by atoms with Gasteiger partial charge in [0.05, 0.1) is 22.9 Å². The van der Waals surface area contributed by atoms with Crippen molar-refractivity contribution in [2.24, 2.45) is 5.10 Å². The van der Waals surface area contributed by atoms with Crippen LogP contribution in [0.4, 0.5) is 0 Å². The van der Waals surface area contributed by atoms with Crippen LogP contribution in [-0.4, -0.2) is 23.8 Å². The highest BCUT2D eigenvalue weighted by atomic mass is 79.9. The molecule has 3 aromatic carbocycles. The van der Waals surface area contributed by atoms with Crippen molar-refractivity contribution >= 4 is 51.3 Å². The Kier molecular flexibility index (Phi) is 8.39. The zero-order valence-electron chi connectivity index (χ0n) is 16.9. The number of halogens is 3. The molecule has 1 amide bonds. The topological polar surface area (TPSA) is 80.2 Å². The zero-order chi connectivity index (χ0) is 23.1. The van der Waals surface area contributed by atoms with Crippen molar-refractivity contribution in [1.82, 2.24) is 5.43 Å². The van der Waals surface area contributed by atoms with Crippen LogP contribution in [0.5, 0.6) is 17.2 Å². The molecule has 0 fully saturated rings. The van der Waals surface area contributed by atoms with Crippen LogP contribution in [0.15, 0.2) is 64.2 Å². The van der Waals surface area contributed by atoms with Gasteiger partial charge in [0.25, 0.3) is 5.91 Å². The standard InChI is InChI=1S/C23H19BrCl2N2O4/c1-2-31-21-10-14(9-18(24)22(21)29)12-27-28-23(30)17-5-3-4-6-20(17)32-13-15-7-8-16(25)11-19(15)26/h3-12,29H,2,13H2,1H3,(H,28,30)/b27-12-. The highest BCUT2D eigenvalue weighted by Crippen LogP contribution is 2.35. The van der Waals surface area contributed by atoms with E-state index in [1.807, 2.05) is 6.92 Å². The molecule has 0 saturated heterocycles. The molecule has 0 atom stereocenters. The SMILES string of the molecule is CCOc1cc(/C=N\NC(=O)c2ccccc2OCc2ccc(Cl)cc2Cl)cc(Br)c1O. The number of hydrogen-bond acceptors (Lipinski definition) is 5. The van der Waals surface area contributed by atoms with Gasteiger partial charge in [-0.05, 0) is 64.8 Å². The number of carbonyl (C=O) groups excluding carboxylic acids is 1. The maximum absolute atomic E-state index is 12.6. The van der Waals surface area contributed by atoms with Crippen molar-refractivity contribution in [3.8, 4) is 17.2 Å². The minimum Gasteiger partial charge on any atom is -0.503 e.